The van der Waals surface area contributed by atoms with Gasteiger partial charge in [-0.3, -0.25) is 9.59 Å². The molecule has 6 nitrogen and oxygen atoms in total. The van der Waals surface area contributed by atoms with Crippen molar-refractivity contribution in [2.24, 2.45) is 0 Å². The summed E-state index contributed by atoms with van der Waals surface area (Å²) in [6.07, 6.45) is 0. The molecule has 0 aliphatic carbocycles. The van der Waals surface area contributed by atoms with E-state index in [4.69, 9.17) is 0 Å². The van der Waals surface area contributed by atoms with Gasteiger partial charge in [0.2, 0.25) is 10.0 Å². The molecular formula is C24H24N2O4S. The van der Waals surface area contributed by atoms with Crippen LogP contribution in [0.5, 0.6) is 0 Å². The third-order valence-electron chi connectivity index (χ3n) is 4.30. The predicted octanol–water partition coefficient (Wildman–Crippen LogP) is 4.25. The van der Waals surface area contributed by atoms with Crippen LogP contribution >= 0.6 is 0 Å². The van der Waals surface area contributed by atoms with E-state index >= 15 is 0 Å². The molecule has 0 fully saturated rings. The van der Waals surface area contributed by atoms with E-state index in [2.05, 4.69) is 10.0 Å². The average molecular weight is 437 g/mol. The highest BCUT2D eigenvalue weighted by Gasteiger charge is 2.23. The lowest BCUT2D eigenvalue weighted by molar-refractivity contribution is 0.0996. The molecule has 2 N–H and O–H groups in total. The van der Waals surface area contributed by atoms with E-state index in [9.17, 15) is 18.0 Å². The van der Waals surface area contributed by atoms with Crippen molar-refractivity contribution in [1.29, 1.82) is 0 Å². The van der Waals surface area contributed by atoms with Gasteiger partial charge in [0.15, 0.2) is 5.78 Å². The molecule has 0 heterocycles. The van der Waals surface area contributed by atoms with Crippen LogP contribution in [0, 0.1) is 0 Å². The number of carbonyl (C=O) groups excluding carboxylic acids is 2. The Bertz CT molecular complexity index is 1210. The van der Waals surface area contributed by atoms with Crippen molar-refractivity contribution in [3.05, 3.63) is 95.6 Å². The van der Waals surface area contributed by atoms with Crippen LogP contribution < -0.4 is 10.0 Å². The normalized spacial score (nSPS) is 11.7. The van der Waals surface area contributed by atoms with Gasteiger partial charge in [-0.25, -0.2) is 13.1 Å². The third kappa shape index (κ3) is 5.65. The molecule has 0 bridgehead atoms. The lowest BCUT2D eigenvalue weighted by atomic mass is 9.98. The first-order chi connectivity index (χ1) is 14.6. The number of carbonyl (C=O) groups is 2. The second-order valence-corrected chi connectivity index (χ2v) is 9.76. The van der Waals surface area contributed by atoms with Gasteiger partial charge in [0.25, 0.3) is 5.91 Å². The number of anilines is 1. The van der Waals surface area contributed by atoms with Crippen LogP contribution in [0.15, 0.2) is 83.8 Å². The molecule has 160 valence electrons. The van der Waals surface area contributed by atoms with Crippen LogP contribution in [-0.2, 0) is 10.0 Å². The van der Waals surface area contributed by atoms with Crippen molar-refractivity contribution in [3.8, 4) is 0 Å². The summed E-state index contributed by atoms with van der Waals surface area (Å²) in [6, 6.07) is 21.2. The lowest BCUT2D eigenvalue weighted by Gasteiger charge is -2.20. The fraction of sp³-hybridized carbons (Fsp3) is 0.167. The Balaban J connectivity index is 1.88. The monoisotopic (exact) mass is 436 g/mol. The summed E-state index contributed by atoms with van der Waals surface area (Å²) in [6.45, 7) is 5.24. The minimum Gasteiger partial charge on any atom is -0.322 e. The zero-order valence-corrected chi connectivity index (χ0v) is 18.4. The van der Waals surface area contributed by atoms with E-state index in [1.54, 1.807) is 81.4 Å². The topological polar surface area (TPSA) is 92.3 Å². The highest BCUT2D eigenvalue weighted by Crippen LogP contribution is 2.20. The van der Waals surface area contributed by atoms with E-state index in [1.165, 1.54) is 12.1 Å². The number of hydrogen-bond donors (Lipinski definition) is 2. The molecule has 0 saturated heterocycles. The fourth-order valence-corrected chi connectivity index (χ4v) is 4.49. The van der Waals surface area contributed by atoms with E-state index in [-0.39, 0.29) is 21.8 Å². The van der Waals surface area contributed by atoms with Crippen molar-refractivity contribution >= 4 is 27.4 Å². The average Bonchev–Trinajstić information content (AvgIpc) is 2.72. The zero-order valence-electron chi connectivity index (χ0n) is 17.5. The highest BCUT2D eigenvalue weighted by atomic mass is 32.2. The molecule has 0 aromatic heterocycles. The Hall–Kier alpha value is -3.29. The summed E-state index contributed by atoms with van der Waals surface area (Å²) in [5.74, 6) is -0.768. The van der Waals surface area contributed by atoms with Crippen LogP contribution in [0.25, 0.3) is 0 Å². The summed E-state index contributed by atoms with van der Waals surface area (Å²) in [5, 5.41) is 2.70. The van der Waals surface area contributed by atoms with Crippen LogP contribution in [-0.4, -0.2) is 25.6 Å². The van der Waals surface area contributed by atoms with E-state index < -0.39 is 21.5 Å². The number of amides is 1. The highest BCUT2D eigenvalue weighted by molar-refractivity contribution is 7.89. The third-order valence-corrected chi connectivity index (χ3v) is 6.05. The van der Waals surface area contributed by atoms with Crippen LogP contribution in [0.2, 0.25) is 0 Å². The molecule has 0 aliphatic rings. The van der Waals surface area contributed by atoms with Gasteiger partial charge < -0.3 is 5.32 Å². The number of benzene rings is 3. The van der Waals surface area contributed by atoms with Crippen molar-refractivity contribution in [1.82, 2.24) is 4.72 Å². The van der Waals surface area contributed by atoms with Crippen LogP contribution in [0.4, 0.5) is 5.69 Å². The molecule has 7 heteroatoms. The Kier molecular flexibility index (Phi) is 6.38. The minimum atomic E-state index is -3.75. The first kappa shape index (κ1) is 22.4. The molecule has 0 spiro atoms. The van der Waals surface area contributed by atoms with Gasteiger partial charge in [0.05, 0.1) is 10.5 Å². The quantitative estimate of drug-likeness (QED) is 0.565. The second-order valence-electron chi connectivity index (χ2n) is 8.08. The zero-order chi connectivity index (χ0) is 22.6. The SMILES string of the molecule is CC(C)(C)NS(=O)(=O)c1cccc(NC(=O)c2ccccc2C(=O)c2ccccc2)c1. The number of hydrogen-bond acceptors (Lipinski definition) is 4. The van der Waals surface area contributed by atoms with Crippen LogP contribution in [0.1, 0.15) is 47.1 Å². The molecule has 0 aliphatic heterocycles. The van der Waals surface area contributed by atoms with Crippen molar-refractivity contribution in [2.45, 2.75) is 31.2 Å². The lowest BCUT2D eigenvalue weighted by Crippen LogP contribution is -2.40. The maximum Gasteiger partial charge on any atom is 0.256 e. The Morgan fingerprint density at radius 3 is 2.03 bits per heavy atom. The van der Waals surface area contributed by atoms with Gasteiger partial charge in [0, 0.05) is 22.4 Å². The fourth-order valence-electron chi connectivity index (χ4n) is 3.03. The maximum atomic E-state index is 12.9. The molecular weight excluding hydrogens is 412 g/mol. The molecule has 3 aromatic carbocycles. The molecule has 1 amide bonds. The molecule has 0 unspecified atom stereocenters. The second kappa shape index (κ2) is 8.83. The first-order valence-corrected chi connectivity index (χ1v) is 11.2. The number of ketones is 1. The van der Waals surface area contributed by atoms with Crippen molar-refractivity contribution in [3.63, 3.8) is 0 Å². The number of rotatable bonds is 6. The molecule has 0 atom stereocenters. The number of sulfonamides is 1. The molecule has 0 radical (unpaired) electrons. The summed E-state index contributed by atoms with van der Waals surface area (Å²) >= 11 is 0. The summed E-state index contributed by atoms with van der Waals surface area (Å²) in [4.78, 5) is 25.8. The van der Waals surface area contributed by atoms with Gasteiger partial charge in [-0.2, -0.15) is 0 Å². The van der Waals surface area contributed by atoms with Gasteiger partial charge in [-0.15, -0.1) is 0 Å². The summed E-state index contributed by atoms with van der Waals surface area (Å²) < 4.78 is 27.8. The van der Waals surface area contributed by atoms with Gasteiger partial charge in [-0.1, -0.05) is 54.6 Å². The molecule has 31 heavy (non-hydrogen) atoms. The maximum absolute atomic E-state index is 12.9. The standard InChI is InChI=1S/C24H24N2O4S/c1-24(2,3)26-31(29,30)19-13-9-12-18(16-19)25-23(28)21-15-8-7-14-20(21)22(27)17-10-5-4-6-11-17/h4-16,26H,1-3H3,(H,25,28). The number of nitrogens with one attached hydrogen (secondary N) is 2. The van der Waals surface area contributed by atoms with Gasteiger partial charge in [-0.05, 0) is 45.0 Å². The Labute approximate surface area is 182 Å². The smallest absolute Gasteiger partial charge is 0.256 e. The van der Waals surface area contributed by atoms with E-state index in [0.29, 0.717) is 11.3 Å². The predicted molar refractivity (Wildman–Crippen MR) is 121 cm³/mol. The first-order valence-electron chi connectivity index (χ1n) is 9.71. The van der Waals surface area contributed by atoms with Crippen molar-refractivity contribution < 1.29 is 18.0 Å². The minimum absolute atomic E-state index is 0.0360. The Morgan fingerprint density at radius 2 is 1.39 bits per heavy atom. The van der Waals surface area contributed by atoms with Crippen molar-refractivity contribution in [2.75, 3.05) is 5.32 Å². The van der Waals surface area contributed by atoms with E-state index in [0.717, 1.165) is 0 Å². The molecule has 0 saturated carbocycles. The van der Waals surface area contributed by atoms with Crippen LogP contribution in [0.3, 0.4) is 0 Å². The Morgan fingerprint density at radius 1 is 0.774 bits per heavy atom. The summed E-state index contributed by atoms with van der Waals surface area (Å²) in [5.41, 5.74) is 0.615. The van der Waals surface area contributed by atoms with Gasteiger partial charge in [0.1, 0.15) is 0 Å². The van der Waals surface area contributed by atoms with E-state index in [1.807, 2.05) is 6.07 Å². The largest absolute Gasteiger partial charge is 0.322 e. The van der Waals surface area contributed by atoms with Gasteiger partial charge >= 0.3 is 0 Å². The molecule has 3 aromatic rings. The summed E-state index contributed by atoms with van der Waals surface area (Å²) in [7, 11) is -3.75. The molecule has 3 rings (SSSR count).